The van der Waals surface area contributed by atoms with Crippen LogP contribution in [0.15, 0.2) is 6.20 Å². The molecule has 0 radical (unpaired) electrons. The summed E-state index contributed by atoms with van der Waals surface area (Å²) in [6.07, 6.45) is -1.57. The van der Waals surface area contributed by atoms with Crippen molar-refractivity contribution in [1.82, 2.24) is 19.6 Å². The van der Waals surface area contributed by atoms with Gasteiger partial charge in [0.2, 0.25) is 5.28 Å². The number of hydrogen-bond acceptors (Lipinski definition) is 9. The second kappa shape index (κ2) is 9.27. The van der Waals surface area contributed by atoms with Crippen LogP contribution in [0.2, 0.25) is 5.28 Å². The van der Waals surface area contributed by atoms with Gasteiger partial charge < -0.3 is 33.9 Å². The van der Waals surface area contributed by atoms with Crippen molar-refractivity contribution >= 4 is 38.3 Å². The Hall–Kier alpha value is -1.21. The lowest BCUT2D eigenvalue weighted by atomic mass is 10.0. The highest BCUT2D eigenvalue weighted by atomic mass is 35.5. The molecule has 0 bridgehead atoms. The summed E-state index contributed by atoms with van der Waals surface area (Å²) in [5, 5.41) is 14.4. The zero-order valence-electron chi connectivity index (χ0n) is 18.3. The van der Waals surface area contributed by atoms with Crippen LogP contribution >= 0.6 is 26.8 Å². The summed E-state index contributed by atoms with van der Waals surface area (Å²) >= 11 is 6.18. The van der Waals surface area contributed by atoms with Gasteiger partial charge in [0.05, 0.1) is 18.5 Å². The van der Waals surface area contributed by atoms with E-state index in [1.54, 1.807) is 0 Å². The number of nitrogens with zero attached hydrogens (tertiary/aromatic N) is 5. The molecular weight excluding hydrogens is 531 g/mol. The number of alkyl halides is 1. The van der Waals surface area contributed by atoms with E-state index in [9.17, 15) is 19.1 Å². The minimum Gasteiger partial charge on any atom is -0.387 e. The third-order valence-corrected chi connectivity index (χ3v) is 10.4. The lowest BCUT2D eigenvalue weighted by Gasteiger charge is -2.19. The number of rotatable bonds is 7. The van der Waals surface area contributed by atoms with Crippen LogP contribution in [-0.2, 0) is 18.4 Å². The second-order valence-electron chi connectivity index (χ2n) is 9.25. The third kappa shape index (κ3) is 5.14. The lowest BCUT2D eigenvalue weighted by molar-refractivity contribution is -0.0199. The number of aromatic nitrogens is 4. The molecule has 2 aromatic heterocycles. The number of halogens is 2. The molecule has 3 aliphatic rings. The van der Waals surface area contributed by atoms with Crippen molar-refractivity contribution in [1.29, 1.82) is 0 Å². The van der Waals surface area contributed by atoms with Crippen LogP contribution in [0.5, 0.6) is 0 Å². The average Bonchev–Trinajstić information content (AvgIpc) is 3.49. The molecule has 17 heteroatoms. The molecule has 35 heavy (non-hydrogen) atoms. The third-order valence-electron chi connectivity index (χ3n) is 6.78. The van der Waals surface area contributed by atoms with Gasteiger partial charge in [-0.05, 0) is 36.3 Å². The highest BCUT2D eigenvalue weighted by molar-refractivity contribution is 7.70. The second-order valence-corrected chi connectivity index (χ2v) is 13.6. The molecule has 1 saturated carbocycles. The van der Waals surface area contributed by atoms with Crippen molar-refractivity contribution in [2.75, 3.05) is 30.5 Å². The van der Waals surface area contributed by atoms with Crippen molar-refractivity contribution < 1.29 is 42.6 Å². The van der Waals surface area contributed by atoms with E-state index in [4.69, 9.17) is 30.6 Å². The highest BCUT2D eigenvalue weighted by Crippen LogP contribution is 2.55. The van der Waals surface area contributed by atoms with Crippen molar-refractivity contribution in [2.24, 2.45) is 11.8 Å². The van der Waals surface area contributed by atoms with Crippen molar-refractivity contribution in [3.05, 3.63) is 17.2 Å². The van der Waals surface area contributed by atoms with Gasteiger partial charge >= 0.3 is 15.2 Å². The summed E-state index contributed by atoms with van der Waals surface area (Å²) in [7, 11) is -9.54. The molecule has 194 valence electrons. The van der Waals surface area contributed by atoms with Crippen LogP contribution < -0.4 is 4.90 Å². The van der Waals surface area contributed by atoms with Crippen LogP contribution in [0.1, 0.15) is 31.1 Å². The number of aliphatic hydroxyl groups excluding tert-OH is 1. The number of fused-ring (bicyclic) bond motifs is 2. The summed E-state index contributed by atoms with van der Waals surface area (Å²) in [5.74, 6) is 0.277. The first-order chi connectivity index (χ1) is 16.4. The van der Waals surface area contributed by atoms with Crippen LogP contribution in [0.3, 0.4) is 0 Å². The zero-order chi connectivity index (χ0) is 25.1. The summed E-state index contributed by atoms with van der Waals surface area (Å²) < 4.78 is 49.5. The summed E-state index contributed by atoms with van der Waals surface area (Å²) in [6, 6.07) is 0. The molecular formula is C18H25ClFN5O8P2. The van der Waals surface area contributed by atoms with E-state index < -0.39 is 52.2 Å². The molecule has 3 fully saturated rings. The molecule has 0 aromatic carbocycles. The van der Waals surface area contributed by atoms with Crippen molar-refractivity contribution in [2.45, 2.75) is 43.7 Å². The first kappa shape index (κ1) is 25.4. The van der Waals surface area contributed by atoms with E-state index in [1.165, 1.54) is 17.1 Å². The quantitative estimate of drug-likeness (QED) is 0.362. The predicted molar refractivity (Wildman–Crippen MR) is 120 cm³/mol. The van der Waals surface area contributed by atoms with Crippen molar-refractivity contribution in [3.63, 3.8) is 0 Å². The number of ether oxygens (including phenoxy) is 1. The van der Waals surface area contributed by atoms with Gasteiger partial charge in [0.15, 0.2) is 23.5 Å². The molecule has 7 atom stereocenters. The molecule has 13 nitrogen and oxygen atoms in total. The van der Waals surface area contributed by atoms with Gasteiger partial charge in [-0.1, -0.05) is 6.42 Å². The van der Waals surface area contributed by atoms with Gasteiger partial charge in [0, 0.05) is 13.1 Å². The molecule has 3 unspecified atom stereocenters. The first-order valence-corrected chi connectivity index (χ1v) is 15.0. The largest absolute Gasteiger partial charge is 0.387 e. The molecule has 5 rings (SSSR count). The minimum atomic E-state index is -4.84. The molecule has 0 amide bonds. The van der Waals surface area contributed by atoms with Gasteiger partial charge in [-0.3, -0.25) is 9.13 Å². The standard InChI is InChI=1S/C18H25ClFN5O8P2/c19-18-22-17(24-5-9-2-1-3-10(9)6-24)16-21-4-11(25(16)23-18)15-13(20)14(26)12(33-15)7-32-35(30,31)8-34(27,28)29/h4,9-10,12-15,26H,1-3,5-8H2,(H,30,31)(H2,27,28,29)/t9?,10?,12-,13+,14-,15+/m1/s1. The lowest BCUT2D eigenvalue weighted by Crippen LogP contribution is -2.31. The maximum absolute atomic E-state index is 15.1. The Morgan fingerprint density at radius 1 is 1.23 bits per heavy atom. The van der Waals surface area contributed by atoms with Gasteiger partial charge in [-0.2, -0.15) is 4.98 Å². The highest BCUT2D eigenvalue weighted by Gasteiger charge is 2.48. The SMILES string of the molecule is O=P(O)(O)CP(=O)(O)OC[C@H]1O[C@@H](c2cnc3c(N4CC5CCCC5C4)nc(Cl)nn23)[C@@H](F)[C@@H]1O. The number of imidazole rings is 1. The van der Waals surface area contributed by atoms with E-state index in [2.05, 4.69) is 20.0 Å². The Morgan fingerprint density at radius 2 is 1.91 bits per heavy atom. The van der Waals surface area contributed by atoms with Crippen molar-refractivity contribution in [3.8, 4) is 0 Å². The molecule has 4 heterocycles. The molecule has 1 aliphatic carbocycles. The Balaban J connectivity index is 1.36. The topological polar surface area (TPSA) is 180 Å². The Labute approximate surface area is 203 Å². The molecule has 0 spiro atoms. The summed E-state index contributed by atoms with van der Waals surface area (Å²) in [6.45, 7) is 0.866. The average molecular weight is 556 g/mol. The van der Waals surface area contributed by atoms with Gasteiger partial charge in [0.1, 0.15) is 18.3 Å². The van der Waals surface area contributed by atoms with Gasteiger partial charge in [-0.25, -0.2) is 13.9 Å². The fraction of sp³-hybridized carbons (Fsp3) is 0.722. The van der Waals surface area contributed by atoms with Crippen LogP contribution in [0.4, 0.5) is 10.2 Å². The monoisotopic (exact) mass is 555 g/mol. The van der Waals surface area contributed by atoms with E-state index in [-0.39, 0.29) is 11.0 Å². The molecule has 4 N–H and O–H groups in total. The Kier molecular flexibility index (Phi) is 6.74. The fourth-order valence-electron chi connectivity index (χ4n) is 5.24. The van der Waals surface area contributed by atoms with E-state index in [1.807, 2.05) is 0 Å². The Morgan fingerprint density at radius 3 is 2.57 bits per heavy atom. The maximum atomic E-state index is 15.1. The number of hydrogen-bond donors (Lipinski definition) is 4. The summed E-state index contributed by atoms with van der Waals surface area (Å²) in [4.78, 5) is 38.3. The summed E-state index contributed by atoms with van der Waals surface area (Å²) in [5.41, 5.74) is 0.511. The van der Waals surface area contributed by atoms with Crippen LogP contribution in [0.25, 0.3) is 5.65 Å². The zero-order valence-corrected chi connectivity index (χ0v) is 20.8. The number of anilines is 1. The van der Waals surface area contributed by atoms with Crippen LogP contribution in [-0.4, -0.2) is 83.3 Å². The molecule has 2 aliphatic heterocycles. The molecule has 2 aromatic rings. The Bertz CT molecular complexity index is 1200. The van der Waals surface area contributed by atoms with E-state index in [0.717, 1.165) is 25.9 Å². The minimum absolute atomic E-state index is 0.0729. The van der Waals surface area contributed by atoms with Gasteiger partial charge in [0.25, 0.3) is 0 Å². The first-order valence-electron chi connectivity index (χ1n) is 11.1. The smallest absolute Gasteiger partial charge is 0.340 e. The van der Waals surface area contributed by atoms with Gasteiger partial charge in [-0.15, -0.1) is 5.10 Å². The maximum Gasteiger partial charge on any atom is 0.340 e. The van der Waals surface area contributed by atoms with E-state index in [0.29, 0.717) is 23.3 Å². The van der Waals surface area contributed by atoms with E-state index >= 15 is 4.39 Å². The predicted octanol–water partition coefficient (Wildman–Crippen LogP) is 1.49. The molecule has 2 saturated heterocycles. The normalized spacial score (nSPS) is 32.9. The van der Waals surface area contributed by atoms with Crippen LogP contribution in [0, 0.1) is 11.8 Å². The fourth-order valence-corrected chi connectivity index (χ4v) is 7.96. The number of aliphatic hydroxyl groups is 1.